The van der Waals surface area contributed by atoms with Crippen LogP contribution in [0.5, 0.6) is 0 Å². The SMILES string of the molecule is OC[C@H]1O[C@H](OC[C@H]2OC(NCc3ccc(Cl)cc3)[C@H](NCc3ccc(Cl)cc3)[C@@H](O)[C@@H]2O)[C@H](O)[C@@H](O)[C@@H]1O. The molecule has 4 rings (SSSR count). The van der Waals surface area contributed by atoms with Crippen LogP contribution in [0.2, 0.25) is 10.0 Å². The summed E-state index contributed by atoms with van der Waals surface area (Å²) in [6, 6.07) is 13.7. The van der Waals surface area contributed by atoms with Crippen molar-refractivity contribution in [1.82, 2.24) is 10.6 Å². The second kappa shape index (κ2) is 14.0. The van der Waals surface area contributed by atoms with Crippen molar-refractivity contribution in [1.29, 1.82) is 0 Å². The summed E-state index contributed by atoms with van der Waals surface area (Å²) in [7, 11) is 0. The van der Waals surface area contributed by atoms with Gasteiger partial charge in [-0.1, -0.05) is 47.5 Å². The molecule has 0 spiro atoms. The molecule has 0 aliphatic carbocycles. The van der Waals surface area contributed by atoms with Crippen LogP contribution in [0.25, 0.3) is 0 Å². The van der Waals surface area contributed by atoms with E-state index in [4.69, 9.17) is 37.4 Å². The Bertz CT molecular complexity index is 1030. The van der Waals surface area contributed by atoms with Gasteiger partial charge in [0.05, 0.1) is 19.3 Å². The smallest absolute Gasteiger partial charge is 0.186 e. The molecule has 2 saturated heterocycles. The average molecular weight is 589 g/mol. The molecule has 2 fully saturated rings. The van der Waals surface area contributed by atoms with Gasteiger partial charge in [-0.25, -0.2) is 0 Å². The van der Waals surface area contributed by atoms with Crippen molar-refractivity contribution < 1.29 is 44.8 Å². The fourth-order valence-electron chi connectivity index (χ4n) is 4.56. The zero-order valence-corrected chi connectivity index (χ0v) is 22.4. The number of hydrogen-bond donors (Lipinski definition) is 8. The Morgan fingerprint density at radius 1 is 0.667 bits per heavy atom. The molecule has 0 amide bonds. The molecule has 39 heavy (non-hydrogen) atoms. The third-order valence-electron chi connectivity index (χ3n) is 6.90. The zero-order chi connectivity index (χ0) is 28.1. The van der Waals surface area contributed by atoms with Gasteiger partial charge in [0, 0.05) is 23.1 Å². The van der Waals surface area contributed by atoms with Crippen molar-refractivity contribution in [3.05, 3.63) is 69.7 Å². The quantitative estimate of drug-likeness (QED) is 0.180. The van der Waals surface area contributed by atoms with Crippen molar-refractivity contribution in [3.8, 4) is 0 Å². The van der Waals surface area contributed by atoms with E-state index in [0.717, 1.165) is 11.1 Å². The Labute approximate surface area is 235 Å². The van der Waals surface area contributed by atoms with Gasteiger partial charge in [-0.3, -0.25) is 5.32 Å². The molecule has 0 radical (unpaired) electrons. The van der Waals surface area contributed by atoms with Gasteiger partial charge in [-0.05, 0) is 35.4 Å². The zero-order valence-electron chi connectivity index (χ0n) is 20.9. The second-order valence-corrected chi connectivity index (χ2v) is 10.5. The highest BCUT2D eigenvalue weighted by molar-refractivity contribution is 6.30. The van der Waals surface area contributed by atoms with E-state index >= 15 is 0 Å². The van der Waals surface area contributed by atoms with Gasteiger partial charge >= 0.3 is 0 Å². The molecule has 2 aromatic rings. The summed E-state index contributed by atoms with van der Waals surface area (Å²) >= 11 is 12.0. The van der Waals surface area contributed by atoms with Gasteiger partial charge in [0.15, 0.2) is 6.29 Å². The van der Waals surface area contributed by atoms with Crippen molar-refractivity contribution >= 4 is 23.2 Å². The minimum Gasteiger partial charge on any atom is -0.394 e. The third-order valence-corrected chi connectivity index (χ3v) is 7.40. The van der Waals surface area contributed by atoms with Crippen molar-refractivity contribution in [2.45, 2.75) is 74.4 Å². The van der Waals surface area contributed by atoms with Crippen molar-refractivity contribution in [3.63, 3.8) is 0 Å². The van der Waals surface area contributed by atoms with E-state index in [0.29, 0.717) is 23.1 Å². The number of ether oxygens (including phenoxy) is 3. The van der Waals surface area contributed by atoms with Gasteiger partial charge in [-0.15, -0.1) is 0 Å². The van der Waals surface area contributed by atoms with Crippen LogP contribution in [-0.2, 0) is 27.3 Å². The molecule has 10 atom stereocenters. The molecule has 2 heterocycles. The molecule has 0 aromatic heterocycles. The maximum Gasteiger partial charge on any atom is 0.186 e. The van der Waals surface area contributed by atoms with Crippen LogP contribution in [0.4, 0.5) is 0 Å². The highest BCUT2D eigenvalue weighted by Crippen LogP contribution is 2.25. The van der Waals surface area contributed by atoms with Crippen LogP contribution < -0.4 is 10.6 Å². The van der Waals surface area contributed by atoms with Crippen LogP contribution in [-0.4, -0.2) is 105 Å². The minimum absolute atomic E-state index is 0.329. The highest BCUT2D eigenvalue weighted by Gasteiger charge is 2.47. The first-order valence-corrected chi connectivity index (χ1v) is 13.3. The van der Waals surface area contributed by atoms with Crippen LogP contribution in [0, 0.1) is 0 Å². The molecule has 216 valence electrons. The fourth-order valence-corrected chi connectivity index (χ4v) is 4.81. The molecule has 2 aromatic carbocycles. The van der Waals surface area contributed by atoms with Crippen LogP contribution in [0.15, 0.2) is 48.5 Å². The maximum absolute atomic E-state index is 11.1. The van der Waals surface area contributed by atoms with E-state index in [1.165, 1.54) is 0 Å². The molecule has 0 saturated carbocycles. The van der Waals surface area contributed by atoms with Gasteiger partial charge in [-0.2, -0.15) is 0 Å². The molecule has 2 aliphatic heterocycles. The van der Waals surface area contributed by atoms with E-state index in [1.54, 1.807) is 24.3 Å². The lowest BCUT2D eigenvalue weighted by molar-refractivity contribution is -0.312. The van der Waals surface area contributed by atoms with E-state index in [2.05, 4.69) is 10.6 Å². The summed E-state index contributed by atoms with van der Waals surface area (Å²) in [6.45, 7) is -0.210. The van der Waals surface area contributed by atoms with Crippen molar-refractivity contribution in [2.24, 2.45) is 0 Å². The van der Waals surface area contributed by atoms with Gasteiger partial charge in [0.2, 0.25) is 0 Å². The molecule has 8 N–H and O–H groups in total. The summed E-state index contributed by atoms with van der Waals surface area (Å²) in [5.74, 6) is 0. The van der Waals surface area contributed by atoms with Crippen LogP contribution in [0.1, 0.15) is 11.1 Å². The van der Waals surface area contributed by atoms with E-state index in [-0.39, 0.29) is 6.61 Å². The Morgan fingerprint density at radius 3 is 1.77 bits per heavy atom. The molecule has 0 bridgehead atoms. The molecular weight excluding hydrogens is 555 g/mol. The number of halogens is 2. The van der Waals surface area contributed by atoms with E-state index < -0.39 is 67.9 Å². The first kappa shape index (κ1) is 30.5. The number of nitrogens with one attached hydrogen (secondary N) is 2. The summed E-state index contributed by atoms with van der Waals surface area (Å²) < 4.78 is 17.0. The lowest BCUT2D eigenvalue weighted by Crippen LogP contribution is -2.67. The normalized spacial score (nSPS) is 35.2. The summed E-state index contributed by atoms with van der Waals surface area (Å²) in [5.41, 5.74) is 1.82. The average Bonchev–Trinajstić information content (AvgIpc) is 2.94. The largest absolute Gasteiger partial charge is 0.394 e. The van der Waals surface area contributed by atoms with Gasteiger partial charge in [0.25, 0.3) is 0 Å². The first-order valence-electron chi connectivity index (χ1n) is 12.6. The van der Waals surface area contributed by atoms with Crippen LogP contribution >= 0.6 is 23.2 Å². The minimum atomic E-state index is -1.61. The van der Waals surface area contributed by atoms with E-state index in [9.17, 15) is 30.6 Å². The lowest BCUT2D eigenvalue weighted by atomic mass is 9.95. The molecule has 11 nitrogen and oxygen atoms in total. The number of hydrogen-bond acceptors (Lipinski definition) is 11. The monoisotopic (exact) mass is 588 g/mol. The lowest BCUT2D eigenvalue weighted by Gasteiger charge is -2.44. The Hall–Kier alpha value is -1.42. The van der Waals surface area contributed by atoms with Crippen molar-refractivity contribution in [2.75, 3.05) is 13.2 Å². The van der Waals surface area contributed by atoms with Gasteiger partial charge < -0.3 is 50.2 Å². The Kier molecular flexibility index (Phi) is 10.9. The van der Waals surface area contributed by atoms with Crippen LogP contribution in [0.3, 0.4) is 0 Å². The topological polar surface area (TPSA) is 173 Å². The standard InChI is InChI=1S/C26H34Cl2N2O9/c27-15-5-1-13(2-6-15)9-29-19-22(34)21(33)18(38-25(19)30-10-14-3-7-16(28)8-4-14)12-37-26-24(36)23(35)20(32)17(11-31)39-26/h1-8,17-26,29-36H,9-12H2/t17-,18-,19-,20-,21-,22-,23+,24-,25?,26+/m1/s1. The number of rotatable bonds is 10. The summed E-state index contributed by atoms with van der Waals surface area (Å²) in [6.07, 6.45) is -11.8. The predicted octanol–water partition coefficient (Wildman–Crippen LogP) is -0.495. The number of aliphatic hydroxyl groups is 6. The second-order valence-electron chi connectivity index (χ2n) is 9.65. The van der Waals surface area contributed by atoms with Gasteiger partial charge in [0.1, 0.15) is 49.0 Å². The highest BCUT2D eigenvalue weighted by atomic mass is 35.5. The number of aliphatic hydroxyl groups excluding tert-OH is 6. The maximum atomic E-state index is 11.1. The Balaban J connectivity index is 1.44. The first-order chi connectivity index (χ1) is 18.7. The van der Waals surface area contributed by atoms with E-state index in [1.807, 2.05) is 24.3 Å². The Morgan fingerprint density at radius 2 is 1.21 bits per heavy atom. The fraction of sp³-hybridized carbons (Fsp3) is 0.538. The molecular formula is C26H34Cl2N2O9. The number of benzene rings is 2. The molecule has 13 heteroatoms. The summed E-state index contributed by atoms with van der Waals surface area (Å²) in [5, 5.41) is 69.2. The summed E-state index contributed by atoms with van der Waals surface area (Å²) in [4.78, 5) is 0. The molecule has 1 unspecified atom stereocenters. The third kappa shape index (κ3) is 7.66. The predicted molar refractivity (Wildman–Crippen MR) is 141 cm³/mol. The molecule has 2 aliphatic rings.